The maximum absolute atomic E-state index is 14.4. The Morgan fingerprint density at radius 3 is 1.17 bits per heavy atom. The first kappa shape index (κ1) is 34.5. The summed E-state index contributed by atoms with van der Waals surface area (Å²) in [4.78, 5) is 0. The van der Waals surface area contributed by atoms with Gasteiger partial charge in [-0.2, -0.15) is 74.6 Å². The Morgan fingerprint density at radius 2 is 0.857 bits per heavy atom. The van der Waals surface area contributed by atoms with Crippen LogP contribution in [0.25, 0.3) is 0 Å². The van der Waals surface area contributed by atoms with E-state index in [9.17, 15) is 74.6 Å². The number of unbranched alkanes of at least 4 members (excludes halogenated alkanes) is 2. The molecule has 18 heteroatoms. The Bertz CT molecular complexity index is 697. The highest BCUT2D eigenvalue weighted by Gasteiger charge is 2.95. The molecular weight excluding hydrogens is 654 g/mol. The van der Waals surface area contributed by atoms with Crippen LogP contribution in [-0.2, 0) is 0 Å². The zero-order valence-electron chi connectivity index (χ0n) is 17.5. The summed E-state index contributed by atoms with van der Waals surface area (Å²) in [6.07, 6.45) is -8.46. The molecule has 0 aliphatic carbocycles. The van der Waals surface area contributed by atoms with Crippen molar-refractivity contribution in [1.29, 1.82) is 0 Å². The lowest BCUT2D eigenvalue weighted by Gasteiger charge is -2.44. The van der Waals surface area contributed by atoms with E-state index in [0.29, 0.717) is 19.8 Å². The average molecular weight is 672 g/mol. The van der Waals surface area contributed by atoms with Crippen molar-refractivity contribution in [2.45, 2.75) is 97.5 Å². The van der Waals surface area contributed by atoms with Gasteiger partial charge in [0.2, 0.25) is 0 Å². The van der Waals surface area contributed by atoms with Crippen LogP contribution >= 0.6 is 22.6 Å². The number of rotatable bonds is 13. The van der Waals surface area contributed by atoms with Crippen LogP contribution in [0.1, 0.15) is 46.0 Å². The lowest BCUT2D eigenvalue weighted by molar-refractivity contribution is -0.463. The Morgan fingerprint density at radius 1 is 0.514 bits per heavy atom. The van der Waals surface area contributed by atoms with Crippen LogP contribution in [0.2, 0.25) is 0 Å². The number of halogens is 18. The Hall–Kier alpha value is -0.460. The summed E-state index contributed by atoms with van der Waals surface area (Å²) in [6.45, 7) is 2.31. The van der Waals surface area contributed by atoms with Gasteiger partial charge in [0.1, 0.15) is 0 Å². The molecule has 0 aliphatic heterocycles. The predicted octanol–water partition coefficient (Wildman–Crippen LogP) is 9.41. The van der Waals surface area contributed by atoms with Crippen molar-refractivity contribution in [2.75, 3.05) is 0 Å². The molecule has 2 unspecified atom stereocenters. The van der Waals surface area contributed by atoms with Gasteiger partial charge in [-0.05, 0) is 12.8 Å². The van der Waals surface area contributed by atoms with Crippen molar-refractivity contribution >= 4 is 22.6 Å². The van der Waals surface area contributed by atoms with Crippen molar-refractivity contribution in [3.05, 3.63) is 0 Å². The van der Waals surface area contributed by atoms with Gasteiger partial charge in [0, 0.05) is 9.84 Å². The summed E-state index contributed by atoms with van der Waals surface area (Å²) in [5.74, 6) is -58.8. The van der Waals surface area contributed by atoms with Gasteiger partial charge in [-0.25, -0.2) is 0 Å². The largest absolute Gasteiger partial charge is 0.460 e. The normalized spacial score (nSPS) is 17.5. The van der Waals surface area contributed by atoms with Crippen molar-refractivity contribution in [3.63, 3.8) is 0 Å². The van der Waals surface area contributed by atoms with Crippen molar-refractivity contribution in [3.8, 4) is 0 Å². The van der Waals surface area contributed by atoms with E-state index in [2.05, 4.69) is 0 Å². The van der Waals surface area contributed by atoms with Crippen LogP contribution in [0.4, 0.5) is 74.6 Å². The van der Waals surface area contributed by atoms with E-state index in [0.717, 1.165) is 22.6 Å². The minimum Gasteiger partial charge on any atom is -0.199 e. The highest BCUT2D eigenvalue weighted by atomic mass is 127. The highest BCUT2D eigenvalue weighted by molar-refractivity contribution is 14.1. The molecule has 2 atom stereocenters. The minimum atomic E-state index is -8.59. The summed E-state index contributed by atoms with van der Waals surface area (Å²) in [7, 11) is 0. The van der Waals surface area contributed by atoms with Crippen LogP contribution in [0.15, 0.2) is 0 Å². The van der Waals surface area contributed by atoms with Gasteiger partial charge in [-0.1, -0.05) is 55.7 Å². The Kier molecular flexibility index (Phi) is 10.2. The average Bonchev–Trinajstić information content (AvgIpc) is 2.66. The van der Waals surface area contributed by atoms with Crippen LogP contribution in [0.5, 0.6) is 0 Å². The summed E-state index contributed by atoms with van der Waals surface area (Å²) in [5.41, 5.74) is 0. The molecule has 0 aliphatic rings. The third-order valence-corrected chi connectivity index (χ3v) is 6.66. The maximum Gasteiger partial charge on any atom is 0.460 e. The van der Waals surface area contributed by atoms with Gasteiger partial charge in [0.15, 0.2) is 0 Å². The van der Waals surface area contributed by atoms with Crippen LogP contribution in [0, 0.1) is 5.92 Å². The molecule has 0 radical (unpaired) electrons. The molecule has 0 saturated carbocycles. The van der Waals surface area contributed by atoms with Gasteiger partial charge in [0.25, 0.3) is 0 Å². The van der Waals surface area contributed by atoms with E-state index in [1.165, 1.54) is 0 Å². The quantitative estimate of drug-likeness (QED) is 0.0792. The van der Waals surface area contributed by atoms with Crippen LogP contribution in [-0.4, -0.2) is 51.6 Å². The fourth-order valence-electron chi connectivity index (χ4n) is 2.94. The molecule has 0 saturated heterocycles. The topological polar surface area (TPSA) is 0 Å². The summed E-state index contributed by atoms with van der Waals surface area (Å²) >= 11 is 1.07. The molecule has 0 aromatic heterocycles. The van der Waals surface area contributed by atoms with E-state index >= 15 is 0 Å². The third-order valence-electron chi connectivity index (χ3n) is 5.17. The van der Waals surface area contributed by atoms with Gasteiger partial charge in [-0.15, -0.1) is 0 Å². The molecule has 35 heavy (non-hydrogen) atoms. The molecule has 0 spiro atoms. The number of hydrogen-bond donors (Lipinski definition) is 0. The fraction of sp³-hybridized carbons (Fsp3) is 1.00. The van der Waals surface area contributed by atoms with Crippen LogP contribution < -0.4 is 0 Å². The highest BCUT2D eigenvalue weighted by Crippen LogP contribution is 2.65. The predicted molar refractivity (Wildman–Crippen MR) is 96.4 cm³/mol. The molecule has 0 amide bonds. The third kappa shape index (κ3) is 5.27. The number of alkyl halides is 18. The summed E-state index contributed by atoms with van der Waals surface area (Å²) < 4.78 is 226. The molecular formula is C17H18F17I. The molecule has 0 nitrogen and oxygen atoms in total. The van der Waals surface area contributed by atoms with E-state index in [1.807, 2.05) is 0 Å². The molecule has 0 rings (SSSR count). The minimum absolute atomic E-state index is 0.0473. The van der Waals surface area contributed by atoms with E-state index in [4.69, 9.17) is 0 Å². The van der Waals surface area contributed by atoms with E-state index < -0.39 is 63.9 Å². The summed E-state index contributed by atoms with van der Waals surface area (Å²) in [5, 5.41) is 0. The molecule has 212 valence electrons. The van der Waals surface area contributed by atoms with Crippen LogP contribution in [0.3, 0.4) is 0 Å². The van der Waals surface area contributed by atoms with E-state index in [1.54, 1.807) is 6.92 Å². The molecule has 0 heterocycles. The number of hydrogen-bond acceptors (Lipinski definition) is 0. The second-order valence-electron chi connectivity index (χ2n) is 7.59. The smallest absolute Gasteiger partial charge is 0.199 e. The molecule has 0 bridgehead atoms. The zero-order valence-corrected chi connectivity index (χ0v) is 19.7. The summed E-state index contributed by atoms with van der Waals surface area (Å²) in [6, 6.07) is 0. The first-order valence-corrected chi connectivity index (χ1v) is 10.8. The van der Waals surface area contributed by atoms with E-state index in [-0.39, 0.29) is 12.8 Å². The van der Waals surface area contributed by atoms with Gasteiger partial charge < -0.3 is 0 Å². The Balaban J connectivity index is 6.67. The first-order chi connectivity index (χ1) is 15.2. The fourth-order valence-corrected chi connectivity index (χ4v) is 4.34. The maximum atomic E-state index is 14.4. The standard InChI is InChI=1S/C17H18F17I/c1-3-5-6-7-9(35)8(4-2)10(18,19)11(20,21)12(22,23)13(24,25)14(26,27)15(28,29)16(30,31)17(32,33)34/h8-9H,3-7H2,1-2H3. The van der Waals surface area contributed by atoms with Gasteiger partial charge >= 0.3 is 47.6 Å². The molecule has 0 aromatic carbocycles. The van der Waals surface area contributed by atoms with Gasteiger partial charge in [0.05, 0.1) is 0 Å². The molecule has 0 fully saturated rings. The Labute approximate surface area is 201 Å². The SMILES string of the molecule is CCCCCC(I)C(CC)C(F)(F)C(F)(F)C(F)(F)C(F)(F)C(F)(F)C(F)(F)C(F)(F)C(F)(F)F. The second-order valence-corrected chi connectivity index (χ2v) is 9.19. The van der Waals surface area contributed by atoms with Crippen molar-refractivity contribution in [2.24, 2.45) is 5.92 Å². The van der Waals surface area contributed by atoms with Gasteiger partial charge in [-0.3, -0.25) is 0 Å². The zero-order chi connectivity index (χ0) is 28.7. The second kappa shape index (κ2) is 10.4. The van der Waals surface area contributed by atoms with Crippen molar-refractivity contribution in [1.82, 2.24) is 0 Å². The van der Waals surface area contributed by atoms with Crippen molar-refractivity contribution < 1.29 is 74.6 Å². The monoisotopic (exact) mass is 672 g/mol. The lowest BCUT2D eigenvalue weighted by Crippen LogP contribution is -2.75. The first-order valence-electron chi connectivity index (χ1n) is 9.53. The molecule has 0 N–H and O–H groups in total. The lowest BCUT2D eigenvalue weighted by atomic mass is 9.82. The molecule has 0 aromatic rings.